The molecule has 27 heavy (non-hydrogen) atoms. The van der Waals surface area contributed by atoms with Gasteiger partial charge in [-0.3, -0.25) is 9.59 Å². The lowest BCUT2D eigenvalue weighted by atomic mass is 10.2. The molecule has 0 spiro atoms. The topological polar surface area (TPSA) is 61.9 Å². The lowest BCUT2D eigenvalue weighted by molar-refractivity contribution is -0.120. The number of morpholine rings is 1. The third-order valence-corrected chi connectivity index (χ3v) is 4.59. The van der Waals surface area contributed by atoms with Crippen molar-refractivity contribution in [3.05, 3.63) is 53.6 Å². The molecule has 0 unspecified atom stereocenters. The van der Waals surface area contributed by atoms with Crippen molar-refractivity contribution in [3.63, 3.8) is 0 Å². The Balaban J connectivity index is 1.78. The summed E-state index contributed by atoms with van der Waals surface area (Å²) in [6.07, 6.45) is 0. The van der Waals surface area contributed by atoms with Crippen LogP contribution in [0.5, 0.6) is 0 Å². The van der Waals surface area contributed by atoms with E-state index >= 15 is 0 Å². The highest BCUT2D eigenvalue weighted by atomic mass is 35.5. The molecule has 0 atom stereocenters. The van der Waals surface area contributed by atoms with Crippen LogP contribution in [0.4, 0.5) is 17.1 Å². The molecule has 1 aliphatic rings. The number of halogens is 1. The molecule has 1 heterocycles. The smallest absolute Gasteiger partial charge is 0.244 e. The van der Waals surface area contributed by atoms with Crippen LogP contribution in [0.15, 0.2) is 48.5 Å². The first kappa shape index (κ1) is 19.2. The predicted octanol–water partition coefficient (Wildman–Crippen LogP) is 3.17. The number of ether oxygens (including phenoxy) is 1. The summed E-state index contributed by atoms with van der Waals surface area (Å²) in [5.41, 5.74) is 2.28. The Labute approximate surface area is 163 Å². The number of rotatable bonds is 5. The maximum atomic E-state index is 12.5. The van der Waals surface area contributed by atoms with Gasteiger partial charge in [0.25, 0.3) is 0 Å². The summed E-state index contributed by atoms with van der Waals surface area (Å²) in [5.74, 6) is -0.466. The fourth-order valence-electron chi connectivity index (χ4n) is 3.01. The Bertz CT molecular complexity index is 804. The standard InChI is InChI=1S/C20H22ClN3O3/c1-15(25)24(14-20(26)22-17-8-6-16(21)7-9-17)19-5-3-2-4-18(19)23-10-12-27-13-11-23/h2-9H,10-14H2,1H3,(H,22,26). The SMILES string of the molecule is CC(=O)N(CC(=O)Nc1ccc(Cl)cc1)c1ccccc1N1CCOCC1. The highest BCUT2D eigenvalue weighted by molar-refractivity contribution is 6.30. The Hall–Kier alpha value is -2.57. The quantitative estimate of drug-likeness (QED) is 0.856. The Kier molecular flexibility index (Phi) is 6.32. The van der Waals surface area contributed by atoms with Crippen LogP contribution >= 0.6 is 11.6 Å². The van der Waals surface area contributed by atoms with E-state index in [1.54, 1.807) is 24.3 Å². The zero-order valence-corrected chi connectivity index (χ0v) is 15.9. The van der Waals surface area contributed by atoms with Gasteiger partial charge in [0.2, 0.25) is 11.8 Å². The minimum Gasteiger partial charge on any atom is -0.378 e. The van der Waals surface area contributed by atoms with Gasteiger partial charge in [0.1, 0.15) is 6.54 Å². The van der Waals surface area contributed by atoms with Crippen LogP contribution in [0.25, 0.3) is 0 Å². The molecule has 0 aromatic heterocycles. The highest BCUT2D eigenvalue weighted by Gasteiger charge is 2.22. The largest absolute Gasteiger partial charge is 0.378 e. The summed E-state index contributed by atoms with van der Waals surface area (Å²) >= 11 is 5.87. The molecule has 0 aliphatic carbocycles. The molecule has 1 N–H and O–H groups in total. The number of para-hydroxylation sites is 2. The molecule has 2 aromatic rings. The maximum absolute atomic E-state index is 12.5. The minimum absolute atomic E-state index is 0.0701. The summed E-state index contributed by atoms with van der Waals surface area (Å²) in [6, 6.07) is 14.5. The van der Waals surface area contributed by atoms with Crippen molar-refractivity contribution in [1.29, 1.82) is 0 Å². The van der Waals surface area contributed by atoms with Gasteiger partial charge in [0.05, 0.1) is 24.6 Å². The highest BCUT2D eigenvalue weighted by Crippen LogP contribution is 2.30. The molecule has 2 amide bonds. The van der Waals surface area contributed by atoms with Crippen molar-refractivity contribution < 1.29 is 14.3 Å². The van der Waals surface area contributed by atoms with Crippen LogP contribution in [0.2, 0.25) is 5.02 Å². The van der Waals surface area contributed by atoms with Crippen LogP contribution in [0.3, 0.4) is 0 Å². The van der Waals surface area contributed by atoms with E-state index in [2.05, 4.69) is 10.2 Å². The van der Waals surface area contributed by atoms with E-state index in [4.69, 9.17) is 16.3 Å². The first-order chi connectivity index (χ1) is 13.0. The maximum Gasteiger partial charge on any atom is 0.244 e. The molecular formula is C20H22ClN3O3. The minimum atomic E-state index is -0.274. The van der Waals surface area contributed by atoms with E-state index < -0.39 is 0 Å². The van der Waals surface area contributed by atoms with Crippen LogP contribution in [0, 0.1) is 0 Å². The van der Waals surface area contributed by atoms with Crippen molar-refractivity contribution in [2.24, 2.45) is 0 Å². The second-order valence-electron chi connectivity index (χ2n) is 6.25. The van der Waals surface area contributed by atoms with E-state index in [0.717, 1.165) is 24.5 Å². The number of carbonyl (C=O) groups is 2. The third kappa shape index (κ3) is 4.99. The zero-order chi connectivity index (χ0) is 19.2. The average molecular weight is 388 g/mol. The Morgan fingerprint density at radius 3 is 2.44 bits per heavy atom. The van der Waals surface area contributed by atoms with E-state index in [0.29, 0.717) is 23.9 Å². The number of anilines is 3. The number of benzene rings is 2. The molecule has 2 aromatic carbocycles. The van der Waals surface area contributed by atoms with E-state index in [9.17, 15) is 9.59 Å². The molecule has 1 aliphatic heterocycles. The first-order valence-corrected chi connectivity index (χ1v) is 9.17. The van der Waals surface area contributed by atoms with Crippen molar-refractivity contribution in [1.82, 2.24) is 0 Å². The summed E-state index contributed by atoms with van der Waals surface area (Å²) in [4.78, 5) is 28.5. The van der Waals surface area contributed by atoms with Crippen molar-refractivity contribution >= 4 is 40.5 Å². The van der Waals surface area contributed by atoms with Gasteiger partial charge in [-0.25, -0.2) is 0 Å². The molecule has 6 nitrogen and oxygen atoms in total. The molecule has 0 radical (unpaired) electrons. The average Bonchev–Trinajstić information content (AvgIpc) is 2.68. The summed E-state index contributed by atoms with van der Waals surface area (Å²) in [7, 11) is 0. The van der Waals surface area contributed by atoms with Gasteiger partial charge in [-0.15, -0.1) is 0 Å². The Morgan fingerprint density at radius 1 is 1.11 bits per heavy atom. The molecular weight excluding hydrogens is 366 g/mol. The van der Waals surface area contributed by atoms with Crippen LogP contribution < -0.4 is 15.1 Å². The first-order valence-electron chi connectivity index (χ1n) is 8.80. The van der Waals surface area contributed by atoms with Gasteiger partial charge < -0.3 is 19.9 Å². The van der Waals surface area contributed by atoms with Crippen molar-refractivity contribution in [2.45, 2.75) is 6.92 Å². The van der Waals surface area contributed by atoms with Gasteiger partial charge in [0, 0.05) is 30.7 Å². The fraction of sp³-hybridized carbons (Fsp3) is 0.300. The lowest BCUT2D eigenvalue weighted by Gasteiger charge is -2.33. The van der Waals surface area contributed by atoms with E-state index in [1.165, 1.54) is 11.8 Å². The molecule has 0 saturated carbocycles. The summed E-state index contributed by atoms with van der Waals surface area (Å²) < 4.78 is 5.41. The monoisotopic (exact) mass is 387 g/mol. The van der Waals surface area contributed by atoms with Gasteiger partial charge in [-0.1, -0.05) is 23.7 Å². The normalized spacial score (nSPS) is 13.9. The van der Waals surface area contributed by atoms with Gasteiger partial charge in [-0.05, 0) is 36.4 Å². The van der Waals surface area contributed by atoms with Crippen molar-refractivity contribution in [2.75, 3.05) is 48.0 Å². The molecule has 0 bridgehead atoms. The number of nitrogens with one attached hydrogen (secondary N) is 1. The Morgan fingerprint density at radius 2 is 1.78 bits per heavy atom. The van der Waals surface area contributed by atoms with Crippen LogP contribution in [0.1, 0.15) is 6.92 Å². The number of carbonyl (C=O) groups excluding carboxylic acids is 2. The van der Waals surface area contributed by atoms with E-state index in [1.807, 2.05) is 24.3 Å². The second kappa shape index (κ2) is 8.88. The van der Waals surface area contributed by atoms with E-state index in [-0.39, 0.29) is 18.4 Å². The van der Waals surface area contributed by atoms with Gasteiger partial charge in [-0.2, -0.15) is 0 Å². The number of hydrogen-bond acceptors (Lipinski definition) is 4. The number of amides is 2. The molecule has 1 saturated heterocycles. The summed E-state index contributed by atoms with van der Waals surface area (Å²) in [5, 5.41) is 3.39. The molecule has 1 fully saturated rings. The molecule has 3 rings (SSSR count). The molecule has 142 valence electrons. The lowest BCUT2D eigenvalue weighted by Crippen LogP contribution is -2.40. The zero-order valence-electron chi connectivity index (χ0n) is 15.2. The number of hydrogen-bond donors (Lipinski definition) is 1. The second-order valence-corrected chi connectivity index (χ2v) is 6.68. The van der Waals surface area contributed by atoms with Crippen LogP contribution in [-0.2, 0) is 14.3 Å². The van der Waals surface area contributed by atoms with Gasteiger partial charge in [0.15, 0.2) is 0 Å². The fourth-order valence-corrected chi connectivity index (χ4v) is 3.13. The predicted molar refractivity (Wildman–Crippen MR) is 108 cm³/mol. The third-order valence-electron chi connectivity index (χ3n) is 4.33. The van der Waals surface area contributed by atoms with Crippen molar-refractivity contribution in [3.8, 4) is 0 Å². The number of nitrogens with zero attached hydrogens (tertiary/aromatic N) is 2. The van der Waals surface area contributed by atoms with Crippen LogP contribution in [-0.4, -0.2) is 44.7 Å². The molecule has 7 heteroatoms. The van der Waals surface area contributed by atoms with Gasteiger partial charge >= 0.3 is 0 Å². The summed E-state index contributed by atoms with van der Waals surface area (Å²) in [6.45, 7) is 4.18.